The Bertz CT molecular complexity index is 835. The molecule has 2 heterocycles. The van der Waals surface area contributed by atoms with Crippen LogP contribution in [-0.2, 0) is 4.74 Å². The molecule has 4 rings (SSSR count). The molecule has 5 nitrogen and oxygen atoms in total. The maximum Gasteiger partial charge on any atom is 0.338 e. The van der Waals surface area contributed by atoms with Crippen LogP contribution < -0.4 is 0 Å². The summed E-state index contributed by atoms with van der Waals surface area (Å²) < 4.78 is 5.84. The maximum atomic E-state index is 12.6. The second kappa shape index (κ2) is 8.23. The van der Waals surface area contributed by atoms with Gasteiger partial charge in [0.1, 0.15) is 6.10 Å². The molecule has 0 bridgehead atoms. The van der Waals surface area contributed by atoms with Gasteiger partial charge in [-0.25, -0.2) is 4.79 Å². The number of esters is 1. The van der Waals surface area contributed by atoms with Gasteiger partial charge >= 0.3 is 5.97 Å². The summed E-state index contributed by atoms with van der Waals surface area (Å²) in [5.74, 6) is -0.246. The Kier molecular flexibility index (Phi) is 5.53. The van der Waals surface area contributed by atoms with Crippen LogP contribution >= 0.6 is 0 Å². The summed E-state index contributed by atoms with van der Waals surface area (Å²) in [6.07, 6.45) is 5.61. The van der Waals surface area contributed by atoms with Crippen molar-refractivity contribution in [1.82, 2.24) is 4.90 Å². The third-order valence-corrected chi connectivity index (χ3v) is 5.96. The number of carbonyl (C=O) groups is 1. The quantitative estimate of drug-likeness (QED) is 0.510. The van der Waals surface area contributed by atoms with Crippen molar-refractivity contribution in [3.05, 3.63) is 60.2 Å². The Morgan fingerprint density at radius 2 is 1.71 bits per heavy atom. The minimum Gasteiger partial charge on any atom is -0.459 e. The molecule has 0 spiro atoms. The van der Waals surface area contributed by atoms with E-state index in [-0.39, 0.29) is 17.6 Å². The fourth-order valence-corrected chi connectivity index (χ4v) is 4.34. The molecule has 2 aromatic rings. The molecular formula is C23H27N3O2. The molecule has 146 valence electrons. The minimum absolute atomic E-state index is 0.00398. The molecule has 28 heavy (non-hydrogen) atoms. The highest BCUT2D eigenvalue weighted by Gasteiger charge is 2.41. The van der Waals surface area contributed by atoms with Crippen molar-refractivity contribution < 1.29 is 9.53 Å². The van der Waals surface area contributed by atoms with Gasteiger partial charge in [-0.2, -0.15) is 10.2 Å². The van der Waals surface area contributed by atoms with Gasteiger partial charge in [0.15, 0.2) is 0 Å². The molecule has 5 heteroatoms. The summed E-state index contributed by atoms with van der Waals surface area (Å²) in [6, 6.07) is 16.7. The summed E-state index contributed by atoms with van der Waals surface area (Å²) >= 11 is 0. The minimum atomic E-state index is -0.246. The fraction of sp³-hybridized carbons (Fsp3) is 0.435. The lowest BCUT2D eigenvalue weighted by molar-refractivity contribution is -0.0471. The molecule has 0 amide bonds. The number of rotatable bonds is 4. The predicted octanol–water partition coefficient (Wildman–Crippen LogP) is 5.67. The van der Waals surface area contributed by atoms with Crippen LogP contribution in [0.25, 0.3) is 0 Å². The van der Waals surface area contributed by atoms with Gasteiger partial charge in [-0.1, -0.05) is 24.6 Å². The average molecular weight is 377 g/mol. The van der Waals surface area contributed by atoms with Crippen molar-refractivity contribution >= 4 is 17.3 Å². The van der Waals surface area contributed by atoms with E-state index in [1.807, 2.05) is 30.3 Å². The van der Waals surface area contributed by atoms with E-state index in [1.165, 1.54) is 25.8 Å². The van der Waals surface area contributed by atoms with Gasteiger partial charge in [-0.05, 0) is 69.1 Å². The summed E-state index contributed by atoms with van der Waals surface area (Å²) in [5, 5.41) is 8.41. The van der Waals surface area contributed by atoms with E-state index in [9.17, 15) is 4.79 Å². The number of azo groups is 1. The SMILES string of the molecule is C[C@]12CCCCN1CC[C@H](OC(=O)c1ccc(N=Nc3ccccc3)cc1)C2. The highest BCUT2D eigenvalue weighted by atomic mass is 16.5. The highest BCUT2D eigenvalue weighted by molar-refractivity contribution is 5.89. The van der Waals surface area contributed by atoms with Crippen LogP contribution in [0.15, 0.2) is 64.8 Å². The van der Waals surface area contributed by atoms with Crippen molar-refractivity contribution in [1.29, 1.82) is 0 Å². The molecule has 0 aromatic heterocycles. The number of piperidine rings is 2. The molecular weight excluding hydrogens is 350 g/mol. The van der Waals surface area contributed by atoms with Crippen LogP contribution in [-0.4, -0.2) is 35.6 Å². The number of ether oxygens (including phenoxy) is 1. The third kappa shape index (κ3) is 4.30. The molecule has 0 aliphatic carbocycles. The van der Waals surface area contributed by atoms with Gasteiger partial charge in [0.05, 0.1) is 16.9 Å². The first-order valence-electron chi connectivity index (χ1n) is 10.2. The number of fused-ring (bicyclic) bond motifs is 1. The van der Waals surface area contributed by atoms with Crippen LogP contribution in [0.3, 0.4) is 0 Å². The number of hydrogen-bond acceptors (Lipinski definition) is 5. The molecule has 0 radical (unpaired) electrons. The van der Waals surface area contributed by atoms with Crippen molar-refractivity contribution in [2.45, 2.75) is 50.7 Å². The molecule has 0 unspecified atom stereocenters. The molecule has 2 atom stereocenters. The van der Waals surface area contributed by atoms with Crippen molar-refractivity contribution in [3.8, 4) is 0 Å². The number of benzene rings is 2. The highest BCUT2D eigenvalue weighted by Crippen LogP contribution is 2.37. The third-order valence-electron chi connectivity index (χ3n) is 5.96. The maximum absolute atomic E-state index is 12.6. The van der Waals surface area contributed by atoms with E-state index in [4.69, 9.17) is 4.74 Å². The second-order valence-corrected chi connectivity index (χ2v) is 8.04. The molecule has 2 saturated heterocycles. The largest absolute Gasteiger partial charge is 0.459 e. The number of hydrogen-bond donors (Lipinski definition) is 0. The van der Waals surface area contributed by atoms with Gasteiger partial charge in [0.25, 0.3) is 0 Å². The van der Waals surface area contributed by atoms with Crippen molar-refractivity contribution in [2.75, 3.05) is 13.1 Å². The molecule has 2 aromatic carbocycles. The number of carbonyl (C=O) groups excluding carboxylic acids is 1. The molecule has 2 aliphatic rings. The first-order chi connectivity index (χ1) is 13.6. The number of nitrogens with zero attached hydrogens (tertiary/aromatic N) is 3. The van der Waals surface area contributed by atoms with Gasteiger partial charge < -0.3 is 4.74 Å². The summed E-state index contributed by atoms with van der Waals surface area (Å²) in [7, 11) is 0. The van der Waals surface area contributed by atoms with Crippen LogP contribution in [0.2, 0.25) is 0 Å². The predicted molar refractivity (Wildman–Crippen MR) is 109 cm³/mol. The smallest absolute Gasteiger partial charge is 0.338 e. The Balaban J connectivity index is 1.35. The van der Waals surface area contributed by atoms with Gasteiger partial charge in [0, 0.05) is 18.5 Å². The Labute approximate surface area is 166 Å². The Morgan fingerprint density at radius 1 is 1.00 bits per heavy atom. The van der Waals surface area contributed by atoms with Crippen LogP contribution in [0.4, 0.5) is 11.4 Å². The van der Waals surface area contributed by atoms with Crippen LogP contribution in [0, 0.1) is 0 Å². The zero-order chi connectivity index (χ0) is 19.4. The lowest BCUT2D eigenvalue weighted by Crippen LogP contribution is -2.56. The van der Waals surface area contributed by atoms with E-state index in [0.29, 0.717) is 11.3 Å². The Hall–Kier alpha value is -2.53. The first-order valence-corrected chi connectivity index (χ1v) is 10.2. The molecule has 0 saturated carbocycles. The normalized spacial score (nSPS) is 25.4. The topological polar surface area (TPSA) is 54.3 Å². The summed E-state index contributed by atoms with van der Waals surface area (Å²) in [5.41, 5.74) is 2.26. The monoisotopic (exact) mass is 377 g/mol. The lowest BCUT2D eigenvalue weighted by atomic mass is 9.80. The Morgan fingerprint density at radius 3 is 2.46 bits per heavy atom. The van der Waals surface area contributed by atoms with Gasteiger partial charge in [-0.3, -0.25) is 4.90 Å². The lowest BCUT2D eigenvalue weighted by Gasteiger charge is -2.50. The molecule has 2 aliphatic heterocycles. The van der Waals surface area contributed by atoms with E-state index in [1.54, 1.807) is 24.3 Å². The van der Waals surface area contributed by atoms with E-state index in [0.717, 1.165) is 25.1 Å². The first kappa shape index (κ1) is 18.8. The van der Waals surface area contributed by atoms with Crippen LogP contribution in [0.1, 0.15) is 49.4 Å². The zero-order valence-corrected chi connectivity index (χ0v) is 16.4. The van der Waals surface area contributed by atoms with Gasteiger partial charge in [-0.15, -0.1) is 0 Å². The standard InChI is InChI=1S/C23H27N3O2/c1-23-14-5-6-15-26(23)16-13-21(17-23)28-22(27)18-9-11-20(12-10-18)25-24-19-7-3-2-4-8-19/h2-4,7-12,21H,5-6,13-17H2,1H3/t21-,23+/m0/s1. The summed E-state index contributed by atoms with van der Waals surface area (Å²) in [4.78, 5) is 15.2. The second-order valence-electron chi connectivity index (χ2n) is 8.04. The van der Waals surface area contributed by atoms with Crippen molar-refractivity contribution in [3.63, 3.8) is 0 Å². The fourth-order valence-electron chi connectivity index (χ4n) is 4.34. The summed E-state index contributed by atoms with van der Waals surface area (Å²) in [6.45, 7) is 4.52. The van der Waals surface area contributed by atoms with E-state index < -0.39 is 0 Å². The van der Waals surface area contributed by atoms with E-state index >= 15 is 0 Å². The van der Waals surface area contributed by atoms with Gasteiger partial charge in [0.2, 0.25) is 0 Å². The zero-order valence-electron chi connectivity index (χ0n) is 16.4. The molecule has 2 fully saturated rings. The van der Waals surface area contributed by atoms with Crippen molar-refractivity contribution in [2.24, 2.45) is 10.2 Å². The van der Waals surface area contributed by atoms with E-state index in [2.05, 4.69) is 22.1 Å². The average Bonchev–Trinajstić information content (AvgIpc) is 2.72. The van der Waals surface area contributed by atoms with Crippen LogP contribution in [0.5, 0.6) is 0 Å². The molecule has 0 N–H and O–H groups in total.